The summed E-state index contributed by atoms with van der Waals surface area (Å²) in [6, 6.07) is 15.5. The molecule has 1 unspecified atom stereocenters. The van der Waals surface area contributed by atoms with E-state index in [4.69, 9.17) is 17.0 Å². The number of hydrogen-bond donors (Lipinski definition) is 2. The number of unbranched alkanes of at least 4 members (excludes halogenated alkanes) is 1. The van der Waals surface area contributed by atoms with Crippen LogP contribution >= 0.6 is 24.0 Å². The highest BCUT2D eigenvalue weighted by atomic mass is 32.2. The number of amides is 1. The first-order valence-electron chi connectivity index (χ1n) is 9.30. The van der Waals surface area contributed by atoms with Gasteiger partial charge in [-0.25, -0.2) is 0 Å². The number of aliphatic hydroxyl groups excluding tert-OH is 1. The Labute approximate surface area is 175 Å². The summed E-state index contributed by atoms with van der Waals surface area (Å²) in [4.78, 5) is 12.3. The van der Waals surface area contributed by atoms with Gasteiger partial charge in [-0.2, -0.15) is 0 Å². The molecule has 0 bridgehead atoms. The van der Waals surface area contributed by atoms with Crippen molar-refractivity contribution in [3.05, 3.63) is 70.1 Å². The van der Waals surface area contributed by atoms with Gasteiger partial charge in [0, 0.05) is 0 Å². The molecule has 1 fully saturated rings. The van der Waals surface area contributed by atoms with Gasteiger partial charge in [0.25, 0.3) is 5.91 Å². The van der Waals surface area contributed by atoms with Crippen molar-refractivity contribution >= 4 is 40.3 Å². The second-order valence-electron chi connectivity index (χ2n) is 6.61. The van der Waals surface area contributed by atoms with Crippen LogP contribution < -0.4 is 10.1 Å². The predicted octanol–water partition coefficient (Wildman–Crippen LogP) is 4.98. The van der Waals surface area contributed by atoms with Crippen LogP contribution in [0.3, 0.4) is 0 Å². The van der Waals surface area contributed by atoms with Gasteiger partial charge < -0.3 is 15.2 Å². The van der Waals surface area contributed by atoms with Crippen LogP contribution in [-0.2, 0) is 11.4 Å². The van der Waals surface area contributed by atoms with Gasteiger partial charge in [-0.05, 0) is 47.4 Å². The van der Waals surface area contributed by atoms with E-state index < -0.39 is 6.10 Å². The number of thiocarbonyl (C=S) groups is 1. The average Bonchev–Trinajstić information content (AvgIpc) is 3.02. The molecule has 3 rings (SSSR count). The number of nitrogens with one attached hydrogen (secondary N) is 1. The fraction of sp³-hybridized carbons (Fsp3) is 0.273. The van der Waals surface area contributed by atoms with Crippen molar-refractivity contribution < 1.29 is 14.6 Å². The van der Waals surface area contributed by atoms with Crippen molar-refractivity contribution in [3.8, 4) is 5.75 Å². The number of benzene rings is 2. The normalized spacial score (nSPS) is 16.3. The van der Waals surface area contributed by atoms with Crippen LogP contribution in [0, 0.1) is 0 Å². The fourth-order valence-corrected chi connectivity index (χ4v) is 3.90. The third-order valence-electron chi connectivity index (χ3n) is 4.39. The zero-order valence-electron chi connectivity index (χ0n) is 15.7. The SMILES string of the molecule is CCCCC(O)c1cccc(COc2ccc(C=C3SC(=S)NC3=O)cc2)c1. The van der Waals surface area contributed by atoms with Crippen molar-refractivity contribution in [2.75, 3.05) is 0 Å². The molecule has 2 N–H and O–H groups in total. The van der Waals surface area contributed by atoms with Crippen LogP contribution in [-0.4, -0.2) is 15.3 Å². The van der Waals surface area contributed by atoms with E-state index in [0.29, 0.717) is 15.8 Å². The molecule has 0 radical (unpaired) electrons. The second kappa shape index (κ2) is 9.87. The molecule has 1 amide bonds. The van der Waals surface area contributed by atoms with E-state index >= 15 is 0 Å². The molecular formula is C22H23NO3S2. The van der Waals surface area contributed by atoms with Crippen molar-refractivity contribution in [2.45, 2.75) is 38.9 Å². The van der Waals surface area contributed by atoms with Gasteiger partial charge >= 0.3 is 0 Å². The van der Waals surface area contributed by atoms with E-state index in [-0.39, 0.29) is 5.91 Å². The van der Waals surface area contributed by atoms with Crippen LogP contribution in [0.15, 0.2) is 53.4 Å². The molecule has 0 saturated carbocycles. The molecule has 4 nitrogen and oxygen atoms in total. The monoisotopic (exact) mass is 413 g/mol. The topological polar surface area (TPSA) is 58.6 Å². The van der Waals surface area contributed by atoms with Crippen LogP contribution in [0.1, 0.15) is 49.0 Å². The number of hydrogen-bond acceptors (Lipinski definition) is 5. The number of thioether (sulfide) groups is 1. The fourth-order valence-electron chi connectivity index (χ4n) is 2.85. The summed E-state index contributed by atoms with van der Waals surface area (Å²) >= 11 is 6.26. The van der Waals surface area contributed by atoms with Crippen molar-refractivity contribution in [3.63, 3.8) is 0 Å². The maximum Gasteiger partial charge on any atom is 0.263 e. The average molecular weight is 414 g/mol. The second-order valence-corrected chi connectivity index (χ2v) is 8.33. The molecule has 6 heteroatoms. The first-order chi connectivity index (χ1) is 13.5. The van der Waals surface area contributed by atoms with Gasteiger partial charge in [0.05, 0.1) is 11.0 Å². The van der Waals surface area contributed by atoms with Gasteiger partial charge in [0.15, 0.2) is 0 Å². The minimum Gasteiger partial charge on any atom is -0.489 e. The van der Waals surface area contributed by atoms with Gasteiger partial charge in [-0.1, -0.05) is 74.1 Å². The lowest BCUT2D eigenvalue weighted by atomic mass is 10.0. The van der Waals surface area contributed by atoms with E-state index in [2.05, 4.69) is 12.2 Å². The summed E-state index contributed by atoms with van der Waals surface area (Å²) in [5.41, 5.74) is 2.87. The van der Waals surface area contributed by atoms with E-state index in [1.54, 1.807) is 0 Å². The largest absolute Gasteiger partial charge is 0.489 e. The molecular weight excluding hydrogens is 390 g/mol. The molecule has 0 aromatic heterocycles. The third kappa shape index (κ3) is 5.67. The maximum atomic E-state index is 11.7. The lowest BCUT2D eigenvalue weighted by Gasteiger charge is -2.12. The van der Waals surface area contributed by atoms with Gasteiger partial charge in [0.2, 0.25) is 0 Å². The zero-order valence-corrected chi connectivity index (χ0v) is 17.3. The zero-order chi connectivity index (χ0) is 19.9. The number of rotatable bonds is 8. The lowest BCUT2D eigenvalue weighted by Crippen LogP contribution is -2.17. The molecule has 1 atom stereocenters. The molecule has 2 aromatic carbocycles. The Kier molecular flexibility index (Phi) is 7.25. The Bertz CT molecular complexity index is 878. The van der Waals surface area contributed by atoms with Gasteiger partial charge in [-0.3, -0.25) is 4.79 Å². The Morgan fingerprint density at radius 3 is 2.71 bits per heavy atom. The van der Waals surface area contributed by atoms with Crippen LogP contribution in [0.2, 0.25) is 0 Å². The van der Waals surface area contributed by atoms with E-state index in [1.165, 1.54) is 11.8 Å². The predicted molar refractivity (Wildman–Crippen MR) is 118 cm³/mol. The number of aliphatic hydroxyl groups is 1. The van der Waals surface area contributed by atoms with Gasteiger partial charge in [0.1, 0.15) is 16.7 Å². The Balaban J connectivity index is 1.59. The van der Waals surface area contributed by atoms with Crippen LogP contribution in [0.4, 0.5) is 0 Å². The quantitative estimate of drug-likeness (QED) is 0.472. The molecule has 1 aliphatic rings. The van der Waals surface area contributed by atoms with Crippen LogP contribution in [0.25, 0.3) is 6.08 Å². The number of carbonyl (C=O) groups is 1. The summed E-state index contributed by atoms with van der Waals surface area (Å²) < 4.78 is 6.35. The maximum absolute atomic E-state index is 11.7. The van der Waals surface area contributed by atoms with Crippen molar-refractivity contribution in [1.29, 1.82) is 0 Å². The molecule has 1 saturated heterocycles. The summed E-state index contributed by atoms with van der Waals surface area (Å²) in [7, 11) is 0. The first-order valence-corrected chi connectivity index (χ1v) is 10.5. The summed E-state index contributed by atoms with van der Waals surface area (Å²) in [6.07, 6.45) is 4.24. The Morgan fingerprint density at radius 2 is 2.04 bits per heavy atom. The lowest BCUT2D eigenvalue weighted by molar-refractivity contribution is -0.115. The van der Waals surface area contributed by atoms with E-state index in [1.807, 2.05) is 54.6 Å². The van der Waals surface area contributed by atoms with Gasteiger partial charge in [-0.15, -0.1) is 0 Å². The minimum absolute atomic E-state index is 0.156. The molecule has 0 aliphatic carbocycles. The van der Waals surface area contributed by atoms with E-state index in [0.717, 1.165) is 41.7 Å². The van der Waals surface area contributed by atoms with E-state index in [9.17, 15) is 9.90 Å². The first kappa shape index (κ1) is 20.6. The Morgan fingerprint density at radius 1 is 1.25 bits per heavy atom. The molecule has 146 valence electrons. The summed E-state index contributed by atoms with van der Waals surface area (Å²) in [6.45, 7) is 2.55. The minimum atomic E-state index is -0.425. The highest BCUT2D eigenvalue weighted by Gasteiger charge is 2.21. The smallest absolute Gasteiger partial charge is 0.263 e. The number of carbonyl (C=O) groups excluding carboxylic acids is 1. The molecule has 2 aromatic rings. The highest BCUT2D eigenvalue weighted by molar-refractivity contribution is 8.26. The molecule has 1 aliphatic heterocycles. The summed E-state index contributed by atoms with van der Waals surface area (Å²) in [5.74, 6) is 0.592. The highest BCUT2D eigenvalue weighted by Crippen LogP contribution is 2.26. The molecule has 28 heavy (non-hydrogen) atoms. The standard InChI is InChI=1S/C22H23NO3S2/c1-2-3-7-19(24)17-6-4-5-16(12-17)14-26-18-10-8-15(9-11-18)13-20-21(25)23-22(27)28-20/h4-6,8-13,19,24H,2-3,7,14H2,1H3,(H,23,25,27). The Hall–Kier alpha value is -2.15. The molecule has 1 heterocycles. The summed E-state index contributed by atoms with van der Waals surface area (Å²) in [5, 5.41) is 12.9. The molecule has 0 spiro atoms. The third-order valence-corrected chi connectivity index (χ3v) is 5.56. The number of ether oxygens (including phenoxy) is 1. The van der Waals surface area contributed by atoms with Crippen molar-refractivity contribution in [2.24, 2.45) is 0 Å². The van der Waals surface area contributed by atoms with Crippen molar-refractivity contribution in [1.82, 2.24) is 5.32 Å². The van der Waals surface area contributed by atoms with Crippen LogP contribution in [0.5, 0.6) is 5.75 Å².